The molecule has 0 aliphatic heterocycles. The van der Waals surface area contributed by atoms with Gasteiger partial charge in [-0.15, -0.1) is 0 Å². The fourth-order valence-electron chi connectivity index (χ4n) is 3.69. The minimum absolute atomic E-state index is 0.0302. The predicted octanol–water partition coefficient (Wildman–Crippen LogP) is 3.69. The molecule has 0 saturated heterocycles. The van der Waals surface area contributed by atoms with Gasteiger partial charge < -0.3 is 20.4 Å². The number of hydrogen-bond acceptors (Lipinski definition) is 6. The molecule has 3 aromatic rings. The third-order valence-corrected chi connectivity index (χ3v) is 5.46. The third-order valence-electron chi connectivity index (χ3n) is 5.46. The van der Waals surface area contributed by atoms with Crippen LogP contribution in [0.2, 0.25) is 0 Å². The Morgan fingerprint density at radius 1 is 1.29 bits per heavy atom. The summed E-state index contributed by atoms with van der Waals surface area (Å²) < 4.78 is 46.1. The molecule has 0 radical (unpaired) electrons. The first-order valence-electron chi connectivity index (χ1n) is 9.85. The summed E-state index contributed by atoms with van der Waals surface area (Å²) in [6.07, 6.45) is -0.484. The molecule has 1 aromatic carbocycles. The summed E-state index contributed by atoms with van der Waals surface area (Å²) in [4.78, 5) is 11.1. The van der Waals surface area contributed by atoms with E-state index < -0.39 is 11.7 Å². The second-order valence-corrected chi connectivity index (χ2v) is 7.41. The van der Waals surface area contributed by atoms with E-state index in [4.69, 9.17) is 10.00 Å². The number of fused-ring (bicyclic) bond motifs is 1. The summed E-state index contributed by atoms with van der Waals surface area (Å²) in [5.41, 5.74) is 0.173. The third kappa shape index (κ3) is 4.33. The van der Waals surface area contributed by atoms with Crippen LogP contribution in [-0.2, 0) is 10.9 Å². The smallest absolute Gasteiger partial charge is 0.383 e. The highest BCUT2D eigenvalue weighted by atomic mass is 19.4. The van der Waals surface area contributed by atoms with E-state index in [2.05, 4.69) is 25.6 Å². The number of methoxy groups -OCH3 is 1. The Balaban J connectivity index is 1.66. The minimum Gasteiger partial charge on any atom is -0.383 e. The first-order valence-corrected chi connectivity index (χ1v) is 9.85. The van der Waals surface area contributed by atoms with Crippen molar-refractivity contribution in [3.63, 3.8) is 0 Å². The molecule has 1 saturated carbocycles. The number of alkyl halides is 3. The SMILES string of the molecule is COCCN[C@H]1CC[C@@H]1Nc1ncc(C(F)(F)F)c(-c2c[nH]c3cc(C#N)ccc23)n1. The molecule has 4 rings (SSSR count). The van der Waals surface area contributed by atoms with Crippen molar-refractivity contribution in [3.8, 4) is 17.3 Å². The Morgan fingerprint density at radius 3 is 2.77 bits per heavy atom. The Bertz CT molecular complexity index is 1120. The molecule has 0 spiro atoms. The first kappa shape index (κ1) is 21.1. The Morgan fingerprint density at radius 2 is 2.10 bits per heavy atom. The van der Waals surface area contributed by atoms with Gasteiger partial charge in [-0.1, -0.05) is 6.07 Å². The number of aromatic nitrogens is 3. The number of anilines is 1. The van der Waals surface area contributed by atoms with Crippen LogP contribution in [0.5, 0.6) is 0 Å². The van der Waals surface area contributed by atoms with Crippen LogP contribution in [-0.4, -0.2) is 47.3 Å². The topological polar surface area (TPSA) is 98.6 Å². The largest absolute Gasteiger partial charge is 0.419 e. The molecule has 0 amide bonds. The van der Waals surface area contributed by atoms with E-state index in [0.29, 0.717) is 35.2 Å². The summed E-state index contributed by atoms with van der Waals surface area (Å²) in [6.45, 7) is 1.27. The van der Waals surface area contributed by atoms with Crippen LogP contribution in [0, 0.1) is 11.3 Å². The zero-order chi connectivity index (χ0) is 22.0. The van der Waals surface area contributed by atoms with E-state index in [9.17, 15) is 13.2 Å². The van der Waals surface area contributed by atoms with E-state index in [0.717, 1.165) is 19.0 Å². The van der Waals surface area contributed by atoms with Gasteiger partial charge in [0, 0.05) is 54.6 Å². The van der Waals surface area contributed by atoms with Crippen LogP contribution in [0.1, 0.15) is 24.0 Å². The van der Waals surface area contributed by atoms with Gasteiger partial charge in [-0.2, -0.15) is 18.4 Å². The van der Waals surface area contributed by atoms with Gasteiger partial charge in [0.1, 0.15) is 5.56 Å². The van der Waals surface area contributed by atoms with E-state index in [-0.39, 0.29) is 23.7 Å². The average Bonchev–Trinajstić information content (AvgIpc) is 3.16. The van der Waals surface area contributed by atoms with Crippen molar-refractivity contribution in [2.75, 3.05) is 25.6 Å². The van der Waals surface area contributed by atoms with Gasteiger partial charge in [0.15, 0.2) is 0 Å². The van der Waals surface area contributed by atoms with Gasteiger partial charge in [-0.25, -0.2) is 9.97 Å². The van der Waals surface area contributed by atoms with Crippen LogP contribution < -0.4 is 10.6 Å². The van der Waals surface area contributed by atoms with Gasteiger partial charge in [-0.05, 0) is 25.0 Å². The molecule has 162 valence electrons. The normalized spacial score (nSPS) is 18.5. The molecule has 1 aliphatic rings. The van der Waals surface area contributed by atoms with E-state index >= 15 is 0 Å². The molecule has 7 nitrogen and oxygen atoms in total. The summed E-state index contributed by atoms with van der Waals surface area (Å²) >= 11 is 0. The molecule has 2 heterocycles. The number of H-pyrrole nitrogens is 1. The number of benzene rings is 1. The van der Waals surface area contributed by atoms with E-state index in [1.54, 1.807) is 25.3 Å². The van der Waals surface area contributed by atoms with Crippen LogP contribution in [0.3, 0.4) is 0 Å². The number of rotatable bonds is 7. The van der Waals surface area contributed by atoms with Crippen molar-refractivity contribution in [2.45, 2.75) is 31.1 Å². The van der Waals surface area contributed by atoms with Gasteiger partial charge in [0.25, 0.3) is 0 Å². The number of ether oxygens (including phenoxy) is 1. The van der Waals surface area contributed by atoms with Gasteiger partial charge in [0.05, 0.1) is 23.9 Å². The van der Waals surface area contributed by atoms with E-state index in [1.807, 2.05) is 6.07 Å². The molecule has 10 heteroatoms. The lowest BCUT2D eigenvalue weighted by Gasteiger charge is -2.37. The molecule has 3 N–H and O–H groups in total. The van der Waals surface area contributed by atoms with Crippen molar-refractivity contribution in [3.05, 3.63) is 41.7 Å². The first-order chi connectivity index (χ1) is 14.9. The maximum Gasteiger partial charge on any atom is 0.419 e. The van der Waals surface area contributed by atoms with Crippen LogP contribution >= 0.6 is 0 Å². The fraction of sp³-hybridized carbons (Fsp3) is 0.381. The van der Waals surface area contributed by atoms with Crippen LogP contribution in [0.4, 0.5) is 19.1 Å². The van der Waals surface area contributed by atoms with Crippen molar-refractivity contribution in [1.29, 1.82) is 5.26 Å². The Labute approximate surface area is 176 Å². The summed E-state index contributed by atoms with van der Waals surface area (Å²) in [5, 5.41) is 16.1. The number of hydrogen-bond donors (Lipinski definition) is 3. The Kier molecular flexibility index (Phi) is 5.80. The highest BCUT2D eigenvalue weighted by molar-refractivity contribution is 5.96. The number of halogens is 3. The van der Waals surface area contributed by atoms with Crippen LogP contribution in [0.15, 0.2) is 30.6 Å². The fourth-order valence-corrected chi connectivity index (χ4v) is 3.69. The van der Waals surface area contributed by atoms with Crippen molar-refractivity contribution in [1.82, 2.24) is 20.3 Å². The van der Waals surface area contributed by atoms with Crippen molar-refractivity contribution < 1.29 is 17.9 Å². The highest BCUT2D eigenvalue weighted by Gasteiger charge is 2.37. The van der Waals surface area contributed by atoms with E-state index in [1.165, 1.54) is 6.20 Å². The average molecular weight is 430 g/mol. The van der Waals surface area contributed by atoms with Gasteiger partial charge >= 0.3 is 6.18 Å². The highest BCUT2D eigenvalue weighted by Crippen LogP contribution is 2.39. The zero-order valence-corrected chi connectivity index (χ0v) is 16.8. The lowest BCUT2D eigenvalue weighted by atomic mass is 9.86. The molecule has 2 aromatic heterocycles. The molecule has 31 heavy (non-hydrogen) atoms. The lowest BCUT2D eigenvalue weighted by molar-refractivity contribution is -0.137. The predicted molar refractivity (Wildman–Crippen MR) is 109 cm³/mol. The molecule has 0 unspecified atom stereocenters. The summed E-state index contributed by atoms with van der Waals surface area (Å²) in [6, 6.07) is 7.02. The zero-order valence-electron chi connectivity index (χ0n) is 16.8. The molecule has 0 bridgehead atoms. The van der Waals surface area contributed by atoms with Gasteiger partial charge in [-0.3, -0.25) is 0 Å². The monoisotopic (exact) mass is 430 g/mol. The van der Waals surface area contributed by atoms with Crippen molar-refractivity contribution >= 4 is 16.9 Å². The maximum absolute atomic E-state index is 13.7. The minimum atomic E-state index is -4.61. The summed E-state index contributed by atoms with van der Waals surface area (Å²) in [7, 11) is 1.63. The molecule has 2 atom stereocenters. The number of nitrogens with zero attached hydrogens (tertiary/aromatic N) is 3. The van der Waals surface area contributed by atoms with Crippen molar-refractivity contribution in [2.24, 2.45) is 0 Å². The van der Waals surface area contributed by atoms with Gasteiger partial charge in [0.2, 0.25) is 5.95 Å². The Hall–Kier alpha value is -3.16. The number of aromatic amines is 1. The molecular formula is C21H21F3N6O. The standard InChI is InChI=1S/C21H21F3N6O/c1-31-7-6-26-16-4-5-17(16)29-20-28-11-15(21(22,23)24)19(30-20)14-10-27-18-8-12(9-25)2-3-13(14)18/h2-3,8,10-11,16-17,26-27H,4-7H2,1H3,(H,28,29,30)/t16-,17-/m0/s1. The lowest BCUT2D eigenvalue weighted by Crippen LogP contribution is -2.52. The quantitative estimate of drug-likeness (QED) is 0.495. The maximum atomic E-state index is 13.7. The second-order valence-electron chi connectivity index (χ2n) is 7.41. The summed E-state index contributed by atoms with van der Waals surface area (Å²) in [5.74, 6) is 0.147. The number of nitrogens with one attached hydrogen (secondary N) is 3. The van der Waals surface area contributed by atoms with Crippen LogP contribution in [0.25, 0.3) is 22.2 Å². The molecule has 1 aliphatic carbocycles. The number of nitriles is 1. The molecule has 1 fully saturated rings. The second kappa shape index (κ2) is 8.53. The molecular weight excluding hydrogens is 409 g/mol.